The number of aryl methyl sites for hydroxylation is 2. The molecular formula is C21H25N5OS. The molecule has 0 aliphatic rings. The Hall–Kier alpha value is -2.67. The first-order valence-corrected chi connectivity index (χ1v) is 10.3. The average Bonchev–Trinajstić information content (AvgIpc) is 3.12. The quantitative estimate of drug-likeness (QED) is 0.613. The van der Waals surface area contributed by atoms with Crippen LogP contribution in [0.15, 0.2) is 47.9 Å². The van der Waals surface area contributed by atoms with E-state index in [0.717, 1.165) is 28.7 Å². The Morgan fingerprint density at radius 2 is 1.89 bits per heavy atom. The molecule has 3 aromatic rings. The van der Waals surface area contributed by atoms with Crippen LogP contribution in [0.3, 0.4) is 0 Å². The van der Waals surface area contributed by atoms with Crippen LogP contribution in [0.5, 0.6) is 0 Å². The third-order valence-electron chi connectivity index (χ3n) is 4.71. The molecule has 0 bridgehead atoms. The Morgan fingerprint density at radius 3 is 2.57 bits per heavy atom. The lowest BCUT2D eigenvalue weighted by Crippen LogP contribution is -2.28. The summed E-state index contributed by atoms with van der Waals surface area (Å²) in [5.74, 6) is 1.06. The van der Waals surface area contributed by atoms with Gasteiger partial charge >= 0.3 is 0 Å². The summed E-state index contributed by atoms with van der Waals surface area (Å²) in [6.07, 6.45) is 3.47. The molecule has 146 valence electrons. The molecule has 0 aliphatic carbocycles. The fourth-order valence-corrected chi connectivity index (χ4v) is 3.74. The summed E-state index contributed by atoms with van der Waals surface area (Å²) in [5.41, 5.74) is 4.55. The van der Waals surface area contributed by atoms with E-state index in [1.54, 1.807) is 12.4 Å². The molecule has 0 saturated heterocycles. The van der Waals surface area contributed by atoms with Crippen molar-refractivity contribution in [2.45, 2.75) is 45.4 Å². The molecule has 2 aromatic heterocycles. The number of amides is 1. The third kappa shape index (κ3) is 4.59. The van der Waals surface area contributed by atoms with E-state index < -0.39 is 0 Å². The Morgan fingerprint density at radius 1 is 1.14 bits per heavy atom. The van der Waals surface area contributed by atoms with Crippen molar-refractivity contribution in [3.63, 3.8) is 0 Å². The van der Waals surface area contributed by atoms with Crippen LogP contribution < -0.4 is 5.32 Å². The Kier molecular flexibility index (Phi) is 6.46. The second-order valence-corrected chi connectivity index (χ2v) is 7.65. The van der Waals surface area contributed by atoms with Gasteiger partial charge in [-0.15, -0.1) is 10.2 Å². The van der Waals surface area contributed by atoms with E-state index in [2.05, 4.69) is 52.5 Å². The topological polar surface area (TPSA) is 72.7 Å². The van der Waals surface area contributed by atoms with Crippen molar-refractivity contribution < 1.29 is 4.79 Å². The smallest absolute Gasteiger partial charge is 0.230 e. The summed E-state index contributed by atoms with van der Waals surface area (Å²) in [4.78, 5) is 16.5. The normalized spacial score (nSPS) is 12.0. The number of carbonyl (C=O) groups excluding carboxylic acids is 1. The van der Waals surface area contributed by atoms with Gasteiger partial charge in [-0.3, -0.25) is 9.78 Å². The molecule has 28 heavy (non-hydrogen) atoms. The Balaban J connectivity index is 1.63. The molecule has 0 saturated carbocycles. The second kappa shape index (κ2) is 9.01. The number of carbonyl (C=O) groups is 1. The zero-order chi connectivity index (χ0) is 20.1. The van der Waals surface area contributed by atoms with E-state index in [0.29, 0.717) is 5.75 Å². The second-order valence-electron chi connectivity index (χ2n) is 6.71. The molecule has 0 radical (unpaired) electrons. The first kappa shape index (κ1) is 20.1. The summed E-state index contributed by atoms with van der Waals surface area (Å²) in [6, 6.07) is 10.1. The molecular weight excluding hydrogens is 370 g/mol. The maximum absolute atomic E-state index is 12.4. The zero-order valence-electron chi connectivity index (χ0n) is 16.6. The van der Waals surface area contributed by atoms with Crippen LogP contribution in [0.4, 0.5) is 0 Å². The minimum atomic E-state index is -0.0381. The number of nitrogens with zero attached hydrogens (tertiary/aromatic N) is 4. The zero-order valence-corrected chi connectivity index (χ0v) is 17.5. The molecule has 1 unspecified atom stereocenters. The van der Waals surface area contributed by atoms with E-state index in [4.69, 9.17) is 0 Å². The van der Waals surface area contributed by atoms with E-state index >= 15 is 0 Å². The highest BCUT2D eigenvalue weighted by Crippen LogP contribution is 2.24. The summed E-state index contributed by atoms with van der Waals surface area (Å²) >= 11 is 1.40. The highest BCUT2D eigenvalue weighted by molar-refractivity contribution is 7.99. The van der Waals surface area contributed by atoms with Crippen LogP contribution in [0.2, 0.25) is 0 Å². The molecule has 2 heterocycles. The molecule has 6 nitrogen and oxygen atoms in total. The number of thioether (sulfide) groups is 1. The predicted molar refractivity (Wildman–Crippen MR) is 112 cm³/mol. The number of aromatic nitrogens is 4. The Bertz CT molecular complexity index is 955. The van der Waals surface area contributed by atoms with Crippen molar-refractivity contribution >= 4 is 17.7 Å². The Labute approximate surface area is 169 Å². The van der Waals surface area contributed by atoms with Crippen molar-refractivity contribution in [2.24, 2.45) is 0 Å². The number of hydrogen-bond donors (Lipinski definition) is 1. The van der Waals surface area contributed by atoms with Gasteiger partial charge in [0.25, 0.3) is 0 Å². The van der Waals surface area contributed by atoms with Crippen molar-refractivity contribution in [3.05, 3.63) is 59.4 Å². The summed E-state index contributed by atoms with van der Waals surface area (Å²) < 4.78 is 2.01. The van der Waals surface area contributed by atoms with Crippen LogP contribution in [-0.4, -0.2) is 31.4 Å². The van der Waals surface area contributed by atoms with Gasteiger partial charge < -0.3 is 9.88 Å². The minimum Gasteiger partial charge on any atom is -0.349 e. The minimum absolute atomic E-state index is 0.0214. The lowest BCUT2D eigenvalue weighted by atomic mass is 10.0. The van der Waals surface area contributed by atoms with Gasteiger partial charge in [-0.05, 0) is 56.5 Å². The fourth-order valence-electron chi connectivity index (χ4n) is 2.93. The van der Waals surface area contributed by atoms with Crippen LogP contribution in [0.25, 0.3) is 11.4 Å². The largest absolute Gasteiger partial charge is 0.349 e. The first-order chi connectivity index (χ1) is 13.5. The third-order valence-corrected chi connectivity index (χ3v) is 5.68. The van der Waals surface area contributed by atoms with Gasteiger partial charge in [0.15, 0.2) is 11.0 Å². The molecule has 1 N–H and O–H groups in total. The summed E-state index contributed by atoms with van der Waals surface area (Å²) in [5, 5.41) is 12.4. The van der Waals surface area contributed by atoms with Gasteiger partial charge in [0.2, 0.25) is 5.91 Å². The highest BCUT2D eigenvalue weighted by Gasteiger charge is 2.16. The van der Waals surface area contributed by atoms with Crippen LogP contribution in [0, 0.1) is 13.8 Å². The number of rotatable bonds is 7. The fraction of sp³-hybridized carbons (Fsp3) is 0.333. The maximum Gasteiger partial charge on any atom is 0.230 e. The van der Waals surface area contributed by atoms with Crippen LogP contribution >= 0.6 is 11.8 Å². The molecule has 0 aliphatic heterocycles. The van der Waals surface area contributed by atoms with Crippen molar-refractivity contribution in [1.29, 1.82) is 0 Å². The van der Waals surface area contributed by atoms with Gasteiger partial charge in [0.05, 0.1) is 11.8 Å². The van der Waals surface area contributed by atoms with Crippen LogP contribution in [0.1, 0.15) is 36.6 Å². The van der Waals surface area contributed by atoms with E-state index in [-0.39, 0.29) is 11.9 Å². The molecule has 3 rings (SSSR count). The summed E-state index contributed by atoms with van der Waals surface area (Å²) in [7, 11) is 0. The average molecular weight is 396 g/mol. The number of pyridine rings is 1. The molecule has 0 spiro atoms. The number of nitrogens with one attached hydrogen (secondary N) is 1. The monoisotopic (exact) mass is 395 g/mol. The van der Waals surface area contributed by atoms with Gasteiger partial charge in [0.1, 0.15) is 0 Å². The predicted octanol–water partition coefficient (Wildman–Crippen LogP) is 3.95. The van der Waals surface area contributed by atoms with Crippen molar-refractivity contribution in [3.8, 4) is 11.4 Å². The van der Waals surface area contributed by atoms with Crippen molar-refractivity contribution in [1.82, 2.24) is 25.1 Å². The number of hydrogen-bond acceptors (Lipinski definition) is 5. The summed E-state index contributed by atoms with van der Waals surface area (Å²) in [6.45, 7) is 8.95. The maximum atomic E-state index is 12.4. The first-order valence-electron chi connectivity index (χ1n) is 9.32. The number of benzene rings is 1. The highest BCUT2D eigenvalue weighted by atomic mass is 32.2. The molecule has 7 heteroatoms. The standard InChI is InChI=1S/C21H25N5OS/c1-5-26-20(17-8-10-22-11-9-17)24-25-21(26)28-13-19(27)23-16(4)18-7-6-14(2)15(3)12-18/h6-12,16H,5,13H2,1-4H3,(H,23,27). The molecule has 1 atom stereocenters. The molecule has 1 amide bonds. The van der Waals surface area contributed by atoms with Gasteiger partial charge in [-0.2, -0.15) is 0 Å². The van der Waals surface area contributed by atoms with E-state index in [1.807, 2.05) is 30.5 Å². The molecule has 0 fully saturated rings. The van der Waals surface area contributed by atoms with Gasteiger partial charge in [0, 0.05) is 24.5 Å². The SMILES string of the molecule is CCn1c(SCC(=O)NC(C)c2ccc(C)c(C)c2)nnc1-c1ccncc1. The van der Waals surface area contributed by atoms with Crippen LogP contribution in [-0.2, 0) is 11.3 Å². The van der Waals surface area contributed by atoms with Gasteiger partial charge in [-0.25, -0.2) is 0 Å². The lowest BCUT2D eigenvalue weighted by molar-refractivity contribution is -0.119. The van der Waals surface area contributed by atoms with Crippen molar-refractivity contribution in [2.75, 3.05) is 5.75 Å². The lowest BCUT2D eigenvalue weighted by Gasteiger charge is -2.15. The van der Waals surface area contributed by atoms with E-state index in [1.165, 1.54) is 22.9 Å². The van der Waals surface area contributed by atoms with E-state index in [9.17, 15) is 4.79 Å². The molecule has 1 aromatic carbocycles. The van der Waals surface area contributed by atoms with Gasteiger partial charge in [-0.1, -0.05) is 30.0 Å².